The Morgan fingerprint density at radius 3 is 2.46 bits per heavy atom. The molecule has 2 aromatic carbocycles. The molecule has 4 heteroatoms. The van der Waals surface area contributed by atoms with Crippen molar-refractivity contribution in [3.8, 4) is 5.75 Å². The molecule has 2 aromatic rings. The number of ether oxygens (including phenoxy) is 1. The number of Topliss-reactive ketones (excluding diaryl/α,β-unsaturated/α-hetero) is 1. The Morgan fingerprint density at radius 2 is 1.83 bits per heavy atom. The van der Waals surface area contributed by atoms with Crippen molar-refractivity contribution < 1.29 is 14.6 Å². The maximum absolute atomic E-state index is 12.3. The zero-order valence-corrected chi connectivity index (χ0v) is 14.5. The van der Waals surface area contributed by atoms with E-state index < -0.39 is 0 Å². The second-order valence-electron chi connectivity index (χ2n) is 6.78. The Hall–Kier alpha value is -2.17. The van der Waals surface area contributed by atoms with E-state index >= 15 is 0 Å². The second-order valence-corrected chi connectivity index (χ2v) is 6.78. The van der Waals surface area contributed by atoms with Gasteiger partial charge in [0.05, 0.1) is 13.2 Å². The number of aliphatic hydroxyl groups excluding tert-OH is 1. The summed E-state index contributed by atoms with van der Waals surface area (Å²) in [6, 6.07) is 15.0. The topological polar surface area (TPSA) is 58.6 Å². The molecule has 0 spiro atoms. The van der Waals surface area contributed by atoms with Crippen molar-refractivity contribution in [3.63, 3.8) is 0 Å². The van der Waals surface area contributed by atoms with Gasteiger partial charge in [0.25, 0.3) is 0 Å². The largest absolute Gasteiger partial charge is 0.489 e. The molecule has 0 aliphatic heterocycles. The SMILES string of the molecule is CC(C)(C)NCC(=O)c1ccc(OCc2ccccc2)c(CO)c1. The number of carbonyl (C=O) groups excluding carboxylic acids is 1. The van der Waals surface area contributed by atoms with Gasteiger partial charge in [-0.1, -0.05) is 30.3 Å². The zero-order valence-electron chi connectivity index (χ0n) is 14.5. The molecule has 0 atom stereocenters. The van der Waals surface area contributed by atoms with Crippen LogP contribution < -0.4 is 10.1 Å². The fraction of sp³-hybridized carbons (Fsp3) is 0.350. The van der Waals surface area contributed by atoms with Gasteiger partial charge in [-0.05, 0) is 44.5 Å². The van der Waals surface area contributed by atoms with Crippen LogP contribution in [0.4, 0.5) is 0 Å². The number of hydrogen-bond donors (Lipinski definition) is 2. The van der Waals surface area contributed by atoms with E-state index in [9.17, 15) is 9.90 Å². The van der Waals surface area contributed by atoms with Gasteiger partial charge in [0.2, 0.25) is 0 Å². The summed E-state index contributed by atoms with van der Waals surface area (Å²) in [6.07, 6.45) is 0. The lowest BCUT2D eigenvalue weighted by Gasteiger charge is -2.20. The first-order chi connectivity index (χ1) is 11.4. The highest BCUT2D eigenvalue weighted by Gasteiger charge is 2.14. The van der Waals surface area contributed by atoms with E-state index in [0.29, 0.717) is 23.5 Å². The van der Waals surface area contributed by atoms with Crippen LogP contribution in [0.15, 0.2) is 48.5 Å². The molecule has 0 fully saturated rings. The Morgan fingerprint density at radius 1 is 1.12 bits per heavy atom. The molecule has 0 amide bonds. The summed E-state index contributed by atoms with van der Waals surface area (Å²) in [4.78, 5) is 12.3. The van der Waals surface area contributed by atoms with Gasteiger partial charge in [-0.15, -0.1) is 0 Å². The zero-order chi connectivity index (χ0) is 17.6. The summed E-state index contributed by atoms with van der Waals surface area (Å²) in [5, 5.41) is 12.7. The van der Waals surface area contributed by atoms with E-state index in [-0.39, 0.29) is 24.5 Å². The normalized spacial score (nSPS) is 11.3. The predicted molar refractivity (Wildman–Crippen MR) is 95.2 cm³/mol. The van der Waals surface area contributed by atoms with Crippen molar-refractivity contribution in [3.05, 3.63) is 65.2 Å². The van der Waals surface area contributed by atoms with Crippen LogP contribution in [-0.2, 0) is 13.2 Å². The number of carbonyl (C=O) groups is 1. The maximum atomic E-state index is 12.3. The highest BCUT2D eigenvalue weighted by atomic mass is 16.5. The summed E-state index contributed by atoms with van der Waals surface area (Å²) in [6.45, 7) is 6.56. The van der Waals surface area contributed by atoms with E-state index in [0.717, 1.165) is 5.56 Å². The van der Waals surface area contributed by atoms with Crippen LogP contribution in [0.2, 0.25) is 0 Å². The third kappa shape index (κ3) is 5.48. The molecular formula is C20H25NO3. The maximum Gasteiger partial charge on any atom is 0.176 e. The molecule has 0 saturated carbocycles. The second kappa shape index (κ2) is 8.08. The summed E-state index contributed by atoms with van der Waals surface area (Å²) in [7, 11) is 0. The van der Waals surface area contributed by atoms with Crippen molar-refractivity contribution in [2.75, 3.05) is 6.54 Å². The highest BCUT2D eigenvalue weighted by Crippen LogP contribution is 2.22. The molecule has 0 aliphatic carbocycles. The van der Waals surface area contributed by atoms with Gasteiger partial charge in [0.15, 0.2) is 5.78 Å². The monoisotopic (exact) mass is 327 g/mol. The van der Waals surface area contributed by atoms with Crippen molar-refractivity contribution in [2.24, 2.45) is 0 Å². The van der Waals surface area contributed by atoms with Gasteiger partial charge >= 0.3 is 0 Å². The summed E-state index contributed by atoms with van der Waals surface area (Å²) in [5.74, 6) is 0.593. The van der Waals surface area contributed by atoms with Crippen LogP contribution >= 0.6 is 0 Å². The van der Waals surface area contributed by atoms with E-state index in [1.54, 1.807) is 18.2 Å². The van der Waals surface area contributed by atoms with Crippen LogP contribution in [0, 0.1) is 0 Å². The minimum Gasteiger partial charge on any atom is -0.489 e. The smallest absolute Gasteiger partial charge is 0.176 e. The van der Waals surface area contributed by atoms with E-state index in [1.165, 1.54) is 0 Å². The molecular weight excluding hydrogens is 302 g/mol. The molecule has 0 bridgehead atoms. The van der Waals surface area contributed by atoms with E-state index in [2.05, 4.69) is 5.32 Å². The highest BCUT2D eigenvalue weighted by molar-refractivity contribution is 5.98. The average molecular weight is 327 g/mol. The van der Waals surface area contributed by atoms with Crippen molar-refractivity contribution in [1.29, 1.82) is 0 Å². The van der Waals surface area contributed by atoms with Crippen LogP contribution in [0.25, 0.3) is 0 Å². The Labute approximate surface area is 143 Å². The Bertz CT molecular complexity index is 675. The molecule has 2 rings (SSSR count). The number of nitrogens with one attached hydrogen (secondary N) is 1. The van der Waals surface area contributed by atoms with E-state index in [4.69, 9.17) is 4.74 Å². The quantitative estimate of drug-likeness (QED) is 0.766. The minimum atomic E-state index is -0.169. The fourth-order valence-electron chi connectivity index (χ4n) is 2.20. The van der Waals surface area contributed by atoms with Gasteiger partial charge < -0.3 is 15.2 Å². The van der Waals surface area contributed by atoms with Crippen LogP contribution in [0.1, 0.15) is 42.3 Å². The van der Waals surface area contributed by atoms with Crippen molar-refractivity contribution in [1.82, 2.24) is 5.32 Å². The summed E-state index contributed by atoms with van der Waals surface area (Å²) in [5.41, 5.74) is 2.13. The van der Waals surface area contributed by atoms with Crippen LogP contribution in [0.3, 0.4) is 0 Å². The molecule has 128 valence electrons. The first-order valence-electron chi connectivity index (χ1n) is 8.08. The summed E-state index contributed by atoms with van der Waals surface area (Å²) >= 11 is 0. The van der Waals surface area contributed by atoms with Crippen LogP contribution in [-0.4, -0.2) is 23.0 Å². The minimum absolute atomic E-state index is 0.00534. The van der Waals surface area contributed by atoms with Gasteiger partial charge in [-0.25, -0.2) is 0 Å². The molecule has 0 aromatic heterocycles. The van der Waals surface area contributed by atoms with Crippen LogP contribution in [0.5, 0.6) is 5.75 Å². The standard InChI is InChI=1S/C20H25NO3/c1-20(2,3)21-12-18(23)16-9-10-19(17(11-16)13-22)24-14-15-7-5-4-6-8-15/h4-11,21-22H,12-14H2,1-3H3. The molecule has 0 heterocycles. The number of hydrogen-bond acceptors (Lipinski definition) is 4. The predicted octanol–water partition coefficient (Wildman–Crippen LogP) is 3.33. The lowest BCUT2D eigenvalue weighted by molar-refractivity contribution is 0.0981. The van der Waals surface area contributed by atoms with Gasteiger partial charge in [-0.3, -0.25) is 4.79 Å². The average Bonchev–Trinajstić information content (AvgIpc) is 2.58. The Kier molecular flexibility index (Phi) is 6.12. The third-order valence-electron chi connectivity index (χ3n) is 3.57. The molecule has 24 heavy (non-hydrogen) atoms. The first-order valence-corrected chi connectivity index (χ1v) is 8.08. The fourth-order valence-corrected chi connectivity index (χ4v) is 2.20. The molecule has 0 unspecified atom stereocenters. The lowest BCUT2D eigenvalue weighted by Crippen LogP contribution is -2.39. The third-order valence-corrected chi connectivity index (χ3v) is 3.57. The molecule has 2 N–H and O–H groups in total. The molecule has 4 nitrogen and oxygen atoms in total. The first kappa shape index (κ1) is 18.2. The van der Waals surface area contributed by atoms with Crippen molar-refractivity contribution >= 4 is 5.78 Å². The molecule has 0 radical (unpaired) electrons. The van der Waals surface area contributed by atoms with Crippen molar-refractivity contribution in [2.45, 2.75) is 39.5 Å². The van der Waals surface area contributed by atoms with Gasteiger partial charge in [0, 0.05) is 16.7 Å². The summed E-state index contributed by atoms with van der Waals surface area (Å²) < 4.78 is 5.78. The van der Waals surface area contributed by atoms with E-state index in [1.807, 2.05) is 51.1 Å². The number of rotatable bonds is 7. The number of aliphatic hydroxyl groups is 1. The molecule has 0 aliphatic rings. The lowest BCUT2D eigenvalue weighted by atomic mass is 10.0. The Balaban J connectivity index is 2.05. The molecule has 0 saturated heterocycles. The number of ketones is 1. The van der Waals surface area contributed by atoms with Gasteiger partial charge in [0.1, 0.15) is 12.4 Å². The number of benzene rings is 2. The van der Waals surface area contributed by atoms with Gasteiger partial charge in [-0.2, -0.15) is 0 Å².